The summed E-state index contributed by atoms with van der Waals surface area (Å²) in [4.78, 5) is 22.8. The van der Waals surface area contributed by atoms with Crippen molar-refractivity contribution >= 4 is 27.5 Å². The lowest BCUT2D eigenvalue weighted by Gasteiger charge is -2.20. The quantitative estimate of drug-likeness (QED) is 0.800. The van der Waals surface area contributed by atoms with Gasteiger partial charge in [0.1, 0.15) is 0 Å². The lowest BCUT2D eigenvalue weighted by atomic mass is 10.2. The molecule has 1 aliphatic rings. The fourth-order valence-electron chi connectivity index (χ4n) is 2.72. The molecule has 1 aliphatic heterocycles. The molecule has 138 valence electrons. The number of hydrogen-bond acceptors (Lipinski definition) is 4. The van der Waals surface area contributed by atoms with Crippen molar-refractivity contribution in [2.75, 3.05) is 25.0 Å². The minimum atomic E-state index is -3.48. The summed E-state index contributed by atoms with van der Waals surface area (Å²) in [7, 11) is -3.48. The van der Waals surface area contributed by atoms with Gasteiger partial charge < -0.3 is 10.6 Å². The van der Waals surface area contributed by atoms with Crippen LogP contribution >= 0.6 is 0 Å². The van der Waals surface area contributed by atoms with Crippen LogP contribution in [0.1, 0.15) is 39.0 Å². The molecule has 1 heterocycles. The predicted molar refractivity (Wildman–Crippen MR) is 95.6 cm³/mol. The van der Waals surface area contributed by atoms with E-state index in [2.05, 4.69) is 10.6 Å². The molecule has 2 amide bonds. The smallest absolute Gasteiger partial charge is 0.243 e. The highest BCUT2D eigenvalue weighted by Gasteiger charge is 2.24. The van der Waals surface area contributed by atoms with E-state index >= 15 is 0 Å². The summed E-state index contributed by atoms with van der Waals surface area (Å²) in [6, 6.07) is 6.20. The van der Waals surface area contributed by atoms with Crippen molar-refractivity contribution in [3.63, 3.8) is 0 Å². The third-order valence-corrected chi connectivity index (χ3v) is 5.98. The number of carbonyl (C=O) groups excluding carboxylic acids is 2. The van der Waals surface area contributed by atoms with Crippen LogP contribution in [0, 0.1) is 0 Å². The van der Waals surface area contributed by atoms with Gasteiger partial charge in [0, 0.05) is 38.7 Å². The number of anilines is 1. The molecule has 1 fully saturated rings. The van der Waals surface area contributed by atoms with Crippen LogP contribution in [0.25, 0.3) is 0 Å². The van der Waals surface area contributed by atoms with E-state index in [1.165, 1.54) is 19.1 Å². The Labute approximate surface area is 148 Å². The van der Waals surface area contributed by atoms with Crippen molar-refractivity contribution in [3.8, 4) is 0 Å². The van der Waals surface area contributed by atoms with Crippen LogP contribution in [0.15, 0.2) is 29.2 Å². The summed E-state index contributed by atoms with van der Waals surface area (Å²) < 4.78 is 26.9. The van der Waals surface area contributed by atoms with E-state index in [1.807, 2.05) is 0 Å². The SMILES string of the molecule is CC(=O)NCCC(=O)Nc1ccc(S(=O)(=O)N2CCCCCC2)cc1. The Kier molecular flexibility index (Phi) is 6.95. The highest BCUT2D eigenvalue weighted by molar-refractivity contribution is 7.89. The van der Waals surface area contributed by atoms with E-state index in [1.54, 1.807) is 16.4 Å². The van der Waals surface area contributed by atoms with Crippen LogP contribution in [-0.2, 0) is 19.6 Å². The second kappa shape index (κ2) is 8.96. The second-order valence-corrected chi connectivity index (χ2v) is 8.06. The first-order chi connectivity index (χ1) is 11.9. The molecular formula is C17H25N3O4S. The lowest BCUT2D eigenvalue weighted by molar-refractivity contribution is -0.119. The Hall–Kier alpha value is -1.93. The topological polar surface area (TPSA) is 95.6 Å². The van der Waals surface area contributed by atoms with Gasteiger partial charge in [0.2, 0.25) is 21.8 Å². The normalized spacial score (nSPS) is 16.0. The van der Waals surface area contributed by atoms with E-state index in [-0.39, 0.29) is 29.7 Å². The summed E-state index contributed by atoms with van der Waals surface area (Å²) in [5.41, 5.74) is 0.530. The summed E-state index contributed by atoms with van der Waals surface area (Å²) in [5, 5.41) is 5.23. The largest absolute Gasteiger partial charge is 0.356 e. The molecule has 1 aromatic carbocycles. The first kappa shape index (κ1) is 19.4. The molecule has 0 bridgehead atoms. The minimum absolute atomic E-state index is 0.160. The number of hydrogen-bond donors (Lipinski definition) is 2. The van der Waals surface area contributed by atoms with E-state index in [4.69, 9.17) is 0 Å². The van der Waals surface area contributed by atoms with Crippen molar-refractivity contribution in [2.24, 2.45) is 0 Å². The third kappa shape index (κ3) is 5.82. The Bertz CT molecular complexity index is 693. The van der Waals surface area contributed by atoms with Crippen LogP contribution in [0.5, 0.6) is 0 Å². The van der Waals surface area contributed by atoms with Gasteiger partial charge in [0.25, 0.3) is 0 Å². The van der Waals surface area contributed by atoms with E-state index in [0.29, 0.717) is 18.8 Å². The molecular weight excluding hydrogens is 342 g/mol. The molecule has 0 unspecified atom stereocenters. The van der Waals surface area contributed by atoms with Gasteiger partial charge in [-0.1, -0.05) is 12.8 Å². The fourth-order valence-corrected chi connectivity index (χ4v) is 4.23. The van der Waals surface area contributed by atoms with Gasteiger partial charge in [-0.2, -0.15) is 4.31 Å². The molecule has 0 aromatic heterocycles. The van der Waals surface area contributed by atoms with Gasteiger partial charge >= 0.3 is 0 Å². The van der Waals surface area contributed by atoms with E-state index < -0.39 is 10.0 Å². The zero-order valence-electron chi connectivity index (χ0n) is 14.5. The highest BCUT2D eigenvalue weighted by atomic mass is 32.2. The highest BCUT2D eigenvalue weighted by Crippen LogP contribution is 2.21. The van der Waals surface area contributed by atoms with Crippen molar-refractivity contribution in [3.05, 3.63) is 24.3 Å². The standard InChI is InChI=1S/C17H25N3O4S/c1-14(21)18-11-10-17(22)19-15-6-8-16(9-7-15)25(23,24)20-12-4-2-3-5-13-20/h6-9H,2-5,10-13H2,1H3,(H,18,21)(H,19,22). The number of nitrogens with zero attached hydrogens (tertiary/aromatic N) is 1. The van der Waals surface area contributed by atoms with E-state index in [0.717, 1.165) is 25.7 Å². The van der Waals surface area contributed by atoms with Gasteiger partial charge in [-0.25, -0.2) is 8.42 Å². The van der Waals surface area contributed by atoms with Gasteiger partial charge in [0.15, 0.2) is 0 Å². The number of carbonyl (C=O) groups is 2. The van der Waals surface area contributed by atoms with Crippen LogP contribution in [0.2, 0.25) is 0 Å². The maximum absolute atomic E-state index is 12.7. The maximum atomic E-state index is 12.7. The lowest BCUT2D eigenvalue weighted by Crippen LogP contribution is -2.31. The second-order valence-electron chi connectivity index (χ2n) is 6.12. The van der Waals surface area contributed by atoms with Gasteiger partial charge in [-0.3, -0.25) is 9.59 Å². The Morgan fingerprint density at radius 1 is 1.04 bits per heavy atom. The number of sulfonamides is 1. The van der Waals surface area contributed by atoms with Crippen molar-refractivity contribution in [1.29, 1.82) is 0 Å². The molecule has 25 heavy (non-hydrogen) atoms. The molecule has 0 saturated carbocycles. The predicted octanol–water partition coefficient (Wildman–Crippen LogP) is 1.72. The summed E-state index contributed by atoms with van der Waals surface area (Å²) in [6.07, 6.45) is 4.07. The number of amides is 2. The summed E-state index contributed by atoms with van der Waals surface area (Å²) >= 11 is 0. The van der Waals surface area contributed by atoms with Crippen molar-refractivity contribution in [2.45, 2.75) is 43.9 Å². The number of nitrogens with one attached hydrogen (secondary N) is 2. The summed E-state index contributed by atoms with van der Waals surface area (Å²) in [5.74, 6) is -0.423. The molecule has 1 aromatic rings. The number of rotatable bonds is 6. The average molecular weight is 367 g/mol. The molecule has 0 atom stereocenters. The molecule has 2 N–H and O–H groups in total. The molecule has 0 radical (unpaired) electrons. The Morgan fingerprint density at radius 3 is 2.20 bits per heavy atom. The van der Waals surface area contributed by atoms with Crippen LogP contribution < -0.4 is 10.6 Å². The summed E-state index contributed by atoms with van der Waals surface area (Å²) in [6.45, 7) is 2.78. The molecule has 0 aliphatic carbocycles. The first-order valence-corrected chi connectivity index (χ1v) is 9.98. The average Bonchev–Trinajstić information content (AvgIpc) is 2.85. The van der Waals surface area contributed by atoms with Crippen LogP contribution in [-0.4, -0.2) is 44.2 Å². The number of benzene rings is 1. The zero-order valence-corrected chi connectivity index (χ0v) is 15.3. The van der Waals surface area contributed by atoms with Gasteiger partial charge in [-0.05, 0) is 37.1 Å². The van der Waals surface area contributed by atoms with E-state index in [9.17, 15) is 18.0 Å². The monoisotopic (exact) mass is 367 g/mol. The Balaban J connectivity index is 1.96. The molecule has 7 nitrogen and oxygen atoms in total. The maximum Gasteiger partial charge on any atom is 0.243 e. The Morgan fingerprint density at radius 2 is 1.64 bits per heavy atom. The minimum Gasteiger partial charge on any atom is -0.356 e. The molecule has 2 rings (SSSR count). The van der Waals surface area contributed by atoms with Gasteiger partial charge in [0.05, 0.1) is 4.90 Å². The van der Waals surface area contributed by atoms with Crippen molar-refractivity contribution < 1.29 is 18.0 Å². The first-order valence-electron chi connectivity index (χ1n) is 8.54. The van der Waals surface area contributed by atoms with Crippen LogP contribution in [0.3, 0.4) is 0 Å². The van der Waals surface area contributed by atoms with Crippen molar-refractivity contribution in [1.82, 2.24) is 9.62 Å². The van der Waals surface area contributed by atoms with Crippen LogP contribution in [0.4, 0.5) is 5.69 Å². The molecule has 0 spiro atoms. The molecule has 1 saturated heterocycles. The zero-order chi connectivity index (χ0) is 18.3. The fraction of sp³-hybridized carbons (Fsp3) is 0.529. The third-order valence-electron chi connectivity index (χ3n) is 4.07. The van der Waals surface area contributed by atoms with Gasteiger partial charge in [-0.15, -0.1) is 0 Å². The molecule has 8 heteroatoms.